The number of rotatable bonds is 5. The second kappa shape index (κ2) is 6.07. The van der Waals surface area contributed by atoms with Crippen LogP contribution in [-0.2, 0) is 13.0 Å². The summed E-state index contributed by atoms with van der Waals surface area (Å²) in [6.07, 6.45) is 0.895. The van der Waals surface area contributed by atoms with Crippen molar-refractivity contribution in [2.75, 3.05) is 6.54 Å². The van der Waals surface area contributed by atoms with Crippen molar-refractivity contribution in [1.29, 1.82) is 0 Å². The Bertz CT molecular complexity index is 522. The third-order valence-corrected chi connectivity index (χ3v) is 3.73. The largest absolute Gasteiger partial charge is 0.312 e. The van der Waals surface area contributed by atoms with Crippen molar-refractivity contribution in [3.05, 3.63) is 51.2 Å². The van der Waals surface area contributed by atoms with Crippen LogP contribution in [-0.4, -0.2) is 11.5 Å². The van der Waals surface area contributed by atoms with E-state index in [0.717, 1.165) is 34.8 Å². The Morgan fingerprint density at radius 3 is 2.89 bits per heavy atom. The fraction of sp³-hybridized carbons (Fsp3) is 0.357. The minimum absolute atomic E-state index is 0.141. The van der Waals surface area contributed by atoms with Gasteiger partial charge in [0.1, 0.15) is 5.82 Å². The zero-order valence-electron chi connectivity index (χ0n) is 10.7. The molecule has 0 saturated heterocycles. The Morgan fingerprint density at radius 1 is 1.33 bits per heavy atom. The Hall–Kier alpha value is -1.26. The molecule has 18 heavy (non-hydrogen) atoms. The van der Waals surface area contributed by atoms with E-state index in [1.807, 2.05) is 19.9 Å². The van der Waals surface area contributed by atoms with Gasteiger partial charge in [-0.1, -0.05) is 17.7 Å². The molecule has 0 fully saturated rings. The lowest BCUT2D eigenvalue weighted by atomic mass is 10.1. The van der Waals surface area contributed by atoms with Crippen LogP contribution in [0.3, 0.4) is 0 Å². The molecular weight excluding hydrogens is 247 g/mol. The average Bonchev–Trinajstić information content (AvgIpc) is 2.75. The molecule has 0 radical (unpaired) electrons. The van der Waals surface area contributed by atoms with Crippen LogP contribution in [0.2, 0.25) is 0 Å². The zero-order valence-corrected chi connectivity index (χ0v) is 11.5. The van der Waals surface area contributed by atoms with Crippen molar-refractivity contribution in [2.45, 2.75) is 26.8 Å². The van der Waals surface area contributed by atoms with Crippen LogP contribution in [0.15, 0.2) is 23.6 Å². The van der Waals surface area contributed by atoms with Crippen molar-refractivity contribution in [2.24, 2.45) is 0 Å². The van der Waals surface area contributed by atoms with E-state index in [1.165, 1.54) is 6.07 Å². The standard InChI is InChI=1S/C14H17FN2S/c1-10-3-4-13(15)12(7-10)8-16-6-5-14-17-11(2)9-18-14/h3-4,7,9,16H,5-6,8H2,1-2H3. The smallest absolute Gasteiger partial charge is 0.127 e. The predicted octanol–water partition coefficient (Wildman–Crippen LogP) is 3.23. The summed E-state index contributed by atoms with van der Waals surface area (Å²) in [7, 11) is 0. The minimum atomic E-state index is -0.141. The molecule has 0 spiro atoms. The van der Waals surface area contributed by atoms with E-state index in [4.69, 9.17) is 0 Å². The number of aromatic nitrogens is 1. The van der Waals surface area contributed by atoms with E-state index in [9.17, 15) is 4.39 Å². The Kier molecular flexibility index (Phi) is 4.44. The van der Waals surface area contributed by atoms with Gasteiger partial charge in [0.05, 0.1) is 5.01 Å². The molecule has 2 rings (SSSR count). The molecule has 0 aliphatic carbocycles. The van der Waals surface area contributed by atoms with Crippen LogP contribution < -0.4 is 5.32 Å². The second-order valence-electron chi connectivity index (χ2n) is 4.40. The number of nitrogens with zero attached hydrogens (tertiary/aromatic N) is 1. The first kappa shape index (κ1) is 13.2. The molecule has 0 unspecified atom stereocenters. The molecule has 96 valence electrons. The lowest BCUT2D eigenvalue weighted by Crippen LogP contribution is -2.17. The predicted molar refractivity (Wildman–Crippen MR) is 73.4 cm³/mol. The van der Waals surface area contributed by atoms with Crippen LogP contribution in [0.25, 0.3) is 0 Å². The number of aryl methyl sites for hydroxylation is 2. The van der Waals surface area contributed by atoms with E-state index in [-0.39, 0.29) is 5.82 Å². The van der Waals surface area contributed by atoms with E-state index >= 15 is 0 Å². The molecule has 0 bridgehead atoms. The van der Waals surface area contributed by atoms with Gasteiger partial charge in [-0.3, -0.25) is 0 Å². The normalized spacial score (nSPS) is 10.8. The molecule has 0 atom stereocenters. The molecular formula is C14H17FN2S. The molecule has 0 aliphatic rings. The van der Waals surface area contributed by atoms with E-state index in [1.54, 1.807) is 17.4 Å². The molecule has 4 heteroatoms. The first-order valence-corrected chi connectivity index (χ1v) is 6.90. The van der Waals surface area contributed by atoms with Crippen LogP contribution in [0.5, 0.6) is 0 Å². The lowest BCUT2D eigenvalue weighted by Gasteiger charge is -2.06. The monoisotopic (exact) mass is 264 g/mol. The summed E-state index contributed by atoms with van der Waals surface area (Å²) >= 11 is 1.68. The fourth-order valence-corrected chi connectivity index (χ4v) is 2.55. The number of thiazole rings is 1. The Labute approximate surface area is 111 Å². The van der Waals surface area contributed by atoms with E-state index in [0.29, 0.717) is 6.54 Å². The maximum absolute atomic E-state index is 13.5. The molecule has 1 aromatic heterocycles. The summed E-state index contributed by atoms with van der Waals surface area (Å²) in [6.45, 7) is 5.36. The molecule has 2 aromatic rings. The Balaban J connectivity index is 1.80. The van der Waals surface area contributed by atoms with Crippen LogP contribution in [0.4, 0.5) is 4.39 Å². The SMILES string of the molecule is Cc1ccc(F)c(CNCCc2nc(C)cs2)c1. The molecule has 0 amide bonds. The zero-order chi connectivity index (χ0) is 13.0. The highest BCUT2D eigenvalue weighted by Crippen LogP contribution is 2.10. The maximum atomic E-state index is 13.5. The van der Waals surface area contributed by atoms with Crippen molar-refractivity contribution in [3.8, 4) is 0 Å². The maximum Gasteiger partial charge on any atom is 0.127 e. The number of hydrogen-bond donors (Lipinski definition) is 1. The summed E-state index contributed by atoms with van der Waals surface area (Å²) in [4.78, 5) is 4.39. The van der Waals surface area contributed by atoms with Gasteiger partial charge in [-0.25, -0.2) is 9.37 Å². The summed E-state index contributed by atoms with van der Waals surface area (Å²) < 4.78 is 13.5. The summed E-state index contributed by atoms with van der Waals surface area (Å²) in [6, 6.07) is 5.20. The van der Waals surface area contributed by atoms with Gasteiger partial charge < -0.3 is 5.32 Å². The molecule has 1 aromatic carbocycles. The molecule has 1 N–H and O–H groups in total. The van der Waals surface area contributed by atoms with Crippen LogP contribution in [0, 0.1) is 19.7 Å². The molecule has 1 heterocycles. The third kappa shape index (κ3) is 3.62. The highest BCUT2D eigenvalue weighted by molar-refractivity contribution is 7.09. The van der Waals surface area contributed by atoms with Gasteiger partial charge in [-0.2, -0.15) is 0 Å². The number of benzene rings is 1. The van der Waals surface area contributed by atoms with Crippen molar-refractivity contribution in [1.82, 2.24) is 10.3 Å². The fourth-order valence-electron chi connectivity index (χ4n) is 1.77. The van der Waals surface area contributed by atoms with Gasteiger partial charge in [-0.05, 0) is 19.9 Å². The quantitative estimate of drug-likeness (QED) is 0.839. The topological polar surface area (TPSA) is 24.9 Å². The van der Waals surface area contributed by atoms with Gasteiger partial charge in [-0.15, -0.1) is 11.3 Å². The van der Waals surface area contributed by atoms with Gasteiger partial charge in [0.2, 0.25) is 0 Å². The molecule has 2 nitrogen and oxygen atoms in total. The third-order valence-electron chi connectivity index (χ3n) is 2.70. The second-order valence-corrected chi connectivity index (χ2v) is 5.35. The summed E-state index contributed by atoms with van der Waals surface area (Å²) in [5, 5.41) is 6.43. The first-order valence-electron chi connectivity index (χ1n) is 6.02. The van der Waals surface area contributed by atoms with Gasteiger partial charge >= 0.3 is 0 Å². The van der Waals surface area contributed by atoms with Gasteiger partial charge in [0, 0.05) is 36.1 Å². The van der Waals surface area contributed by atoms with Crippen LogP contribution in [0.1, 0.15) is 21.8 Å². The van der Waals surface area contributed by atoms with Crippen molar-refractivity contribution >= 4 is 11.3 Å². The van der Waals surface area contributed by atoms with E-state index in [2.05, 4.69) is 15.7 Å². The van der Waals surface area contributed by atoms with E-state index < -0.39 is 0 Å². The molecule has 0 aliphatic heterocycles. The number of nitrogens with one attached hydrogen (secondary N) is 1. The number of hydrogen-bond acceptors (Lipinski definition) is 3. The first-order chi connectivity index (χ1) is 8.65. The van der Waals surface area contributed by atoms with Gasteiger partial charge in [0.15, 0.2) is 0 Å². The van der Waals surface area contributed by atoms with Crippen molar-refractivity contribution in [3.63, 3.8) is 0 Å². The van der Waals surface area contributed by atoms with Crippen molar-refractivity contribution < 1.29 is 4.39 Å². The minimum Gasteiger partial charge on any atom is -0.312 e. The summed E-state index contributed by atoms with van der Waals surface area (Å²) in [5.41, 5.74) is 2.88. The molecule has 0 saturated carbocycles. The summed E-state index contributed by atoms with van der Waals surface area (Å²) in [5.74, 6) is -0.141. The van der Waals surface area contributed by atoms with Gasteiger partial charge in [0.25, 0.3) is 0 Å². The average molecular weight is 264 g/mol. The van der Waals surface area contributed by atoms with Crippen LogP contribution >= 0.6 is 11.3 Å². The highest BCUT2D eigenvalue weighted by atomic mass is 32.1. The lowest BCUT2D eigenvalue weighted by molar-refractivity contribution is 0.587. The Morgan fingerprint density at radius 2 is 2.17 bits per heavy atom. The highest BCUT2D eigenvalue weighted by Gasteiger charge is 2.02. The number of halogens is 1.